The van der Waals surface area contributed by atoms with Crippen LogP contribution >= 0.6 is 0 Å². The Balaban J connectivity index is 3.10. The monoisotopic (exact) mass is 167 g/mol. The lowest BCUT2D eigenvalue weighted by Gasteiger charge is -2.09. The smallest absolute Gasteiger partial charge is 0.250 e. The molecule has 2 N–H and O–H groups in total. The maximum Gasteiger partial charge on any atom is 0.250 e. The van der Waals surface area contributed by atoms with Crippen molar-refractivity contribution in [1.29, 1.82) is 0 Å². The first kappa shape index (κ1) is 10.8. The molecule has 1 unspecified atom stereocenters. The van der Waals surface area contributed by atoms with Gasteiger partial charge in [0.25, 0.3) is 6.43 Å². The first-order chi connectivity index (χ1) is 5.16. The van der Waals surface area contributed by atoms with Gasteiger partial charge in [0.05, 0.1) is 6.54 Å². The summed E-state index contributed by atoms with van der Waals surface area (Å²) in [6, 6.07) is 0. The van der Waals surface area contributed by atoms with E-state index in [1.54, 1.807) is 0 Å². The van der Waals surface area contributed by atoms with Crippen LogP contribution in [0.4, 0.5) is 8.78 Å². The number of hydrogen-bond acceptors (Lipinski definition) is 2. The van der Waals surface area contributed by atoms with Gasteiger partial charge in [-0.25, -0.2) is 8.78 Å². The van der Waals surface area contributed by atoms with Crippen molar-refractivity contribution in [2.75, 3.05) is 19.7 Å². The second kappa shape index (κ2) is 6.49. The van der Waals surface area contributed by atoms with E-state index in [-0.39, 0.29) is 19.1 Å². The van der Waals surface area contributed by atoms with Gasteiger partial charge in [-0.2, -0.15) is 0 Å². The number of hydrogen-bond donors (Lipinski definition) is 2. The van der Waals surface area contributed by atoms with Crippen molar-refractivity contribution in [3.63, 3.8) is 0 Å². The third-order valence-corrected chi connectivity index (χ3v) is 1.41. The zero-order valence-corrected chi connectivity index (χ0v) is 6.69. The Hall–Kier alpha value is -0.220. The van der Waals surface area contributed by atoms with E-state index in [4.69, 9.17) is 5.11 Å². The van der Waals surface area contributed by atoms with Gasteiger partial charge in [-0.15, -0.1) is 0 Å². The van der Waals surface area contributed by atoms with E-state index in [1.807, 2.05) is 6.92 Å². The molecule has 0 bridgehead atoms. The molecule has 0 aromatic heterocycles. The third kappa shape index (κ3) is 7.68. The highest BCUT2D eigenvalue weighted by molar-refractivity contribution is 4.56. The van der Waals surface area contributed by atoms with Gasteiger partial charge in [0, 0.05) is 6.61 Å². The van der Waals surface area contributed by atoms with Gasteiger partial charge >= 0.3 is 0 Å². The molecule has 0 aliphatic heterocycles. The molecular weight excluding hydrogens is 152 g/mol. The van der Waals surface area contributed by atoms with E-state index in [0.29, 0.717) is 13.0 Å². The SMILES string of the molecule is CC(CCO)CNCC(F)F. The molecule has 11 heavy (non-hydrogen) atoms. The molecule has 0 saturated heterocycles. The molecule has 0 aromatic rings. The number of nitrogens with one attached hydrogen (secondary N) is 1. The summed E-state index contributed by atoms with van der Waals surface area (Å²) in [6.07, 6.45) is -1.62. The average Bonchev–Trinajstić information content (AvgIpc) is 1.87. The molecule has 0 saturated carbocycles. The van der Waals surface area contributed by atoms with Gasteiger partial charge in [0.1, 0.15) is 0 Å². The van der Waals surface area contributed by atoms with Gasteiger partial charge in [0.2, 0.25) is 0 Å². The predicted octanol–water partition coefficient (Wildman–Crippen LogP) is 0.860. The van der Waals surface area contributed by atoms with E-state index in [1.165, 1.54) is 0 Å². The summed E-state index contributed by atoms with van der Waals surface area (Å²) in [4.78, 5) is 0. The molecule has 0 radical (unpaired) electrons. The zero-order valence-electron chi connectivity index (χ0n) is 6.69. The number of halogens is 2. The molecule has 2 nitrogen and oxygen atoms in total. The minimum Gasteiger partial charge on any atom is -0.396 e. The van der Waals surface area contributed by atoms with Crippen LogP contribution < -0.4 is 5.32 Å². The zero-order chi connectivity index (χ0) is 8.69. The summed E-state index contributed by atoms with van der Waals surface area (Å²) in [5, 5.41) is 11.1. The summed E-state index contributed by atoms with van der Waals surface area (Å²) >= 11 is 0. The summed E-state index contributed by atoms with van der Waals surface area (Å²) in [5.41, 5.74) is 0. The van der Waals surface area contributed by atoms with E-state index in [2.05, 4.69) is 5.32 Å². The molecule has 0 amide bonds. The summed E-state index contributed by atoms with van der Waals surface area (Å²) in [7, 11) is 0. The molecule has 0 aliphatic rings. The van der Waals surface area contributed by atoms with Crippen LogP contribution in [0.1, 0.15) is 13.3 Å². The van der Waals surface area contributed by atoms with Gasteiger partial charge in [0.15, 0.2) is 0 Å². The quantitative estimate of drug-likeness (QED) is 0.615. The predicted molar refractivity (Wildman–Crippen MR) is 39.7 cm³/mol. The van der Waals surface area contributed by atoms with Crippen LogP contribution in [0.15, 0.2) is 0 Å². The first-order valence-electron chi connectivity index (χ1n) is 3.76. The molecule has 0 spiro atoms. The van der Waals surface area contributed by atoms with Crippen molar-refractivity contribution >= 4 is 0 Å². The molecule has 0 aromatic carbocycles. The van der Waals surface area contributed by atoms with Gasteiger partial charge < -0.3 is 10.4 Å². The lowest BCUT2D eigenvalue weighted by atomic mass is 10.1. The highest BCUT2D eigenvalue weighted by Crippen LogP contribution is 1.98. The minimum atomic E-state index is -2.28. The number of rotatable bonds is 6. The normalized spacial score (nSPS) is 13.9. The first-order valence-corrected chi connectivity index (χ1v) is 3.76. The van der Waals surface area contributed by atoms with Gasteiger partial charge in [-0.1, -0.05) is 6.92 Å². The number of alkyl halides is 2. The standard InChI is InChI=1S/C7H15F2NO/c1-6(2-3-11)4-10-5-7(8)9/h6-7,10-11H,2-5H2,1H3. The lowest BCUT2D eigenvalue weighted by molar-refractivity contribution is 0.143. The summed E-state index contributed by atoms with van der Waals surface area (Å²) in [6.45, 7) is 2.33. The Morgan fingerprint density at radius 2 is 2.00 bits per heavy atom. The second-order valence-corrected chi connectivity index (χ2v) is 2.67. The summed E-state index contributed by atoms with van der Waals surface area (Å²) < 4.78 is 23.1. The van der Waals surface area contributed by atoms with E-state index in [0.717, 1.165) is 0 Å². The van der Waals surface area contributed by atoms with E-state index < -0.39 is 6.43 Å². The fourth-order valence-electron chi connectivity index (χ4n) is 0.761. The second-order valence-electron chi connectivity index (χ2n) is 2.67. The highest BCUT2D eigenvalue weighted by Gasteiger charge is 2.03. The largest absolute Gasteiger partial charge is 0.396 e. The third-order valence-electron chi connectivity index (χ3n) is 1.41. The van der Waals surface area contributed by atoms with Crippen LogP contribution in [0, 0.1) is 5.92 Å². The summed E-state index contributed by atoms with van der Waals surface area (Å²) in [5.74, 6) is 0.263. The maximum atomic E-state index is 11.6. The Morgan fingerprint density at radius 1 is 1.36 bits per heavy atom. The Bertz CT molecular complexity index is 90.5. The maximum absolute atomic E-state index is 11.6. The van der Waals surface area contributed by atoms with Crippen LogP contribution in [-0.4, -0.2) is 31.2 Å². The Labute approximate surface area is 65.6 Å². The van der Waals surface area contributed by atoms with Crippen LogP contribution in [-0.2, 0) is 0 Å². The molecule has 4 heteroatoms. The van der Waals surface area contributed by atoms with Gasteiger partial charge in [-0.05, 0) is 18.9 Å². The Kier molecular flexibility index (Phi) is 6.36. The van der Waals surface area contributed by atoms with Gasteiger partial charge in [-0.3, -0.25) is 0 Å². The average molecular weight is 167 g/mol. The van der Waals surface area contributed by atoms with Crippen molar-refractivity contribution in [3.05, 3.63) is 0 Å². The molecule has 0 heterocycles. The molecule has 0 rings (SSSR count). The fraction of sp³-hybridized carbons (Fsp3) is 1.00. The van der Waals surface area contributed by atoms with Crippen LogP contribution in [0.3, 0.4) is 0 Å². The van der Waals surface area contributed by atoms with E-state index >= 15 is 0 Å². The Morgan fingerprint density at radius 3 is 2.45 bits per heavy atom. The van der Waals surface area contributed by atoms with Crippen LogP contribution in [0.5, 0.6) is 0 Å². The van der Waals surface area contributed by atoms with E-state index in [9.17, 15) is 8.78 Å². The topological polar surface area (TPSA) is 32.3 Å². The number of aliphatic hydroxyl groups is 1. The molecular formula is C7H15F2NO. The molecule has 0 fully saturated rings. The van der Waals surface area contributed by atoms with Crippen molar-refractivity contribution in [3.8, 4) is 0 Å². The van der Waals surface area contributed by atoms with Crippen molar-refractivity contribution in [2.45, 2.75) is 19.8 Å². The lowest BCUT2D eigenvalue weighted by Crippen LogP contribution is -2.26. The highest BCUT2D eigenvalue weighted by atomic mass is 19.3. The van der Waals surface area contributed by atoms with Crippen molar-refractivity contribution in [2.24, 2.45) is 5.92 Å². The molecule has 68 valence electrons. The van der Waals surface area contributed by atoms with Crippen LogP contribution in [0.2, 0.25) is 0 Å². The number of aliphatic hydroxyl groups excluding tert-OH is 1. The molecule has 0 aliphatic carbocycles. The minimum absolute atomic E-state index is 0.123. The fourth-order valence-corrected chi connectivity index (χ4v) is 0.761. The van der Waals surface area contributed by atoms with Crippen molar-refractivity contribution < 1.29 is 13.9 Å². The molecule has 1 atom stereocenters. The van der Waals surface area contributed by atoms with Crippen LogP contribution in [0.25, 0.3) is 0 Å². The van der Waals surface area contributed by atoms with Crippen molar-refractivity contribution in [1.82, 2.24) is 5.32 Å².